The zero-order valence-corrected chi connectivity index (χ0v) is 20.5. The van der Waals surface area contributed by atoms with Crippen LogP contribution in [0.5, 0.6) is 0 Å². The number of aromatic carboxylic acids is 1. The van der Waals surface area contributed by atoms with Crippen LogP contribution in [0.1, 0.15) is 50.6 Å². The Hall–Kier alpha value is -3.97. The van der Waals surface area contributed by atoms with Gasteiger partial charge >= 0.3 is 5.97 Å². The van der Waals surface area contributed by atoms with E-state index in [0.717, 1.165) is 39.4 Å². The second-order valence-corrected chi connectivity index (χ2v) is 9.27. The number of thiocarbonyl (C=S) groups is 1. The predicted molar refractivity (Wildman–Crippen MR) is 140 cm³/mol. The third kappa shape index (κ3) is 4.31. The fourth-order valence-electron chi connectivity index (χ4n) is 4.74. The topological polar surface area (TPSA) is 78.6 Å². The molecule has 0 bridgehead atoms. The van der Waals surface area contributed by atoms with Crippen LogP contribution in [-0.2, 0) is 0 Å². The zero-order chi connectivity index (χ0) is 24.7. The molecule has 2 aromatic carbocycles. The molecule has 2 atom stereocenters. The highest BCUT2D eigenvalue weighted by atomic mass is 32.1. The lowest BCUT2D eigenvalue weighted by Gasteiger charge is -2.26. The molecule has 3 heterocycles. The lowest BCUT2D eigenvalue weighted by atomic mass is 10.0. The van der Waals surface area contributed by atoms with E-state index in [4.69, 9.17) is 16.6 Å². The maximum absolute atomic E-state index is 11.3. The lowest BCUT2D eigenvalue weighted by molar-refractivity contribution is 0.0696. The number of carboxylic acid groups (broad SMARTS) is 1. The summed E-state index contributed by atoms with van der Waals surface area (Å²) in [6.45, 7) is 6.03. The molecule has 2 N–H and O–H groups in total. The first-order valence-corrected chi connectivity index (χ1v) is 11.8. The van der Waals surface area contributed by atoms with Gasteiger partial charge in [0.15, 0.2) is 5.11 Å². The molecule has 1 saturated heterocycles. The van der Waals surface area contributed by atoms with E-state index < -0.39 is 5.97 Å². The number of carboxylic acids is 1. The van der Waals surface area contributed by atoms with Crippen LogP contribution in [0.15, 0.2) is 77.3 Å². The number of hydrogen-bond acceptors (Lipinski definition) is 4. The SMILES string of the molecule is Cc1cc(C)cc(N2C(=S)N[C@@H](c3ccccn3)[C@@H]2c2ccc(-c3ccc(C(=O)O)cc3C)o2)c1. The molecule has 35 heavy (non-hydrogen) atoms. The van der Waals surface area contributed by atoms with Gasteiger partial charge in [-0.25, -0.2) is 4.79 Å². The standard InChI is InChI=1S/C28H25N3O3S/c1-16-12-17(2)14-20(13-16)31-26(25(30-28(31)35)22-6-4-5-11-29-22)24-10-9-23(34-24)21-8-7-19(27(32)33)15-18(21)3/h4-15,25-26H,1-3H3,(H,30,35)(H,32,33)/t25-,26-/m0/s1. The predicted octanol–water partition coefficient (Wildman–Crippen LogP) is 6.14. The molecule has 0 radical (unpaired) electrons. The van der Waals surface area contributed by atoms with Gasteiger partial charge in [0.2, 0.25) is 0 Å². The molecule has 4 aromatic rings. The van der Waals surface area contributed by atoms with E-state index in [1.807, 2.05) is 37.3 Å². The summed E-state index contributed by atoms with van der Waals surface area (Å²) in [5.74, 6) is 0.462. The number of anilines is 1. The van der Waals surface area contributed by atoms with Crippen molar-refractivity contribution in [2.75, 3.05) is 4.90 Å². The third-order valence-corrected chi connectivity index (χ3v) is 6.55. The van der Waals surface area contributed by atoms with Crippen LogP contribution >= 0.6 is 12.2 Å². The molecule has 5 rings (SSSR count). The van der Waals surface area contributed by atoms with Crippen LogP contribution < -0.4 is 10.2 Å². The summed E-state index contributed by atoms with van der Waals surface area (Å²) in [7, 11) is 0. The number of nitrogens with one attached hydrogen (secondary N) is 1. The Morgan fingerprint density at radius 1 is 1.03 bits per heavy atom. The van der Waals surface area contributed by atoms with Crippen molar-refractivity contribution in [3.8, 4) is 11.3 Å². The quantitative estimate of drug-likeness (QED) is 0.330. The van der Waals surface area contributed by atoms with Gasteiger partial charge in [-0.15, -0.1) is 0 Å². The number of aromatic nitrogens is 1. The number of furan rings is 1. The summed E-state index contributed by atoms with van der Waals surface area (Å²) >= 11 is 5.81. The molecule has 0 unspecified atom stereocenters. The van der Waals surface area contributed by atoms with Gasteiger partial charge in [0.1, 0.15) is 17.6 Å². The molecule has 1 fully saturated rings. The number of pyridine rings is 1. The van der Waals surface area contributed by atoms with Gasteiger partial charge in [-0.05, 0) is 98.2 Å². The monoisotopic (exact) mass is 483 g/mol. The number of rotatable bonds is 5. The van der Waals surface area contributed by atoms with Crippen LogP contribution in [-0.4, -0.2) is 21.2 Å². The van der Waals surface area contributed by atoms with Gasteiger partial charge in [-0.2, -0.15) is 0 Å². The third-order valence-electron chi connectivity index (χ3n) is 6.24. The fourth-order valence-corrected chi connectivity index (χ4v) is 5.09. The van der Waals surface area contributed by atoms with Crippen molar-refractivity contribution in [1.29, 1.82) is 0 Å². The van der Waals surface area contributed by atoms with Gasteiger partial charge in [-0.1, -0.05) is 18.2 Å². The molecule has 7 heteroatoms. The number of carbonyl (C=O) groups is 1. The van der Waals surface area contributed by atoms with E-state index in [2.05, 4.69) is 47.2 Å². The summed E-state index contributed by atoms with van der Waals surface area (Å²) in [4.78, 5) is 18.0. The van der Waals surface area contributed by atoms with Gasteiger partial charge in [0, 0.05) is 17.4 Å². The molecule has 176 valence electrons. The number of hydrogen-bond donors (Lipinski definition) is 2. The molecule has 0 saturated carbocycles. The van der Waals surface area contributed by atoms with Crippen LogP contribution in [0.4, 0.5) is 5.69 Å². The molecule has 2 aromatic heterocycles. The Kier molecular flexibility index (Phi) is 5.86. The Balaban J connectivity index is 1.60. The first-order valence-electron chi connectivity index (χ1n) is 11.3. The molecule has 6 nitrogen and oxygen atoms in total. The van der Waals surface area contributed by atoms with Crippen LogP contribution in [0.2, 0.25) is 0 Å². The molecule has 0 spiro atoms. The van der Waals surface area contributed by atoms with Crippen molar-refractivity contribution < 1.29 is 14.3 Å². The average Bonchev–Trinajstić information content (AvgIpc) is 3.43. The Labute approximate surface area is 209 Å². The lowest BCUT2D eigenvalue weighted by Crippen LogP contribution is -2.29. The maximum atomic E-state index is 11.3. The minimum atomic E-state index is -0.951. The van der Waals surface area contributed by atoms with E-state index in [-0.39, 0.29) is 17.6 Å². The highest BCUT2D eigenvalue weighted by Crippen LogP contribution is 2.43. The molecular weight excluding hydrogens is 458 g/mol. The van der Waals surface area contributed by atoms with E-state index in [1.54, 1.807) is 24.4 Å². The van der Waals surface area contributed by atoms with Gasteiger partial charge in [-0.3, -0.25) is 4.98 Å². The molecule has 1 aliphatic heterocycles. The number of aryl methyl sites for hydroxylation is 3. The Bertz CT molecular complexity index is 1410. The smallest absolute Gasteiger partial charge is 0.335 e. The second-order valence-electron chi connectivity index (χ2n) is 8.88. The summed E-state index contributed by atoms with van der Waals surface area (Å²) in [6.07, 6.45) is 1.78. The van der Waals surface area contributed by atoms with Crippen LogP contribution in [0.3, 0.4) is 0 Å². The highest BCUT2D eigenvalue weighted by molar-refractivity contribution is 7.80. The van der Waals surface area contributed by atoms with Gasteiger partial charge < -0.3 is 19.7 Å². The van der Waals surface area contributed by atoms with Crippen molar-refractivity contribution in [3.63, 3.8) is 0 Å². The van der Waals surface area contributed by atoms with E-state index in [0.29, 0.717) is 10.9 Å². The summed E-state index contributed by atoms with van der Waals surface area (Å²) in [5.41, 5.74) is 6.09. The van der Waals surface area contributed by atoms with Crippen molar-refractivity contribution in [2.45, 2.75) is 32.9 Å². The van der Waals surface area contributed by atoms with Crippen molar-refractivity contribution in [3.05, 3.63) is 107 Å². The average molecular weight is 484 g/mol. The minimum Gasteiger partial charge on any atom is -0.478 e. The van der Waals surface area contributed by atoms with Crippen LogP contribution in [0, 0.1) is 20.8 Å². The first-order chi connectivity index (χ1) is 16.8. The second kappa shape index (κ2) is 9.00. The molecular formula is C28H25N3O3S. The van der Waals surface area contributed by atoms with Gasteiger partial charge in [0.05, 0.1) is 17.3 Å². The molecule has 1 aliphatic rings. The number of benzene rings is 2. The van der Waals surface area contributed by atoms with Gasteiger partial charge in [0.25, 0.3) is 0 Å². The van der Waals surface area contributed by atoms with Crippen molar-refractivity contribution >= 4 is 29.0 Å². The van der Waals surface area contributed by atoms with E-state index in [1.165, 1.54) is 0 Å². The highest BCUT2D eigenvalue weighted by Gasteiger charge is 2.42. The maximum Gasteiger partial charge on any atom is 0.335 e. The minimum absolute atomic E-state index is 0.209. The van der Waals surface area contributed by atoms with E-state index in [9.17, 15) is 9.90 Å². The Morgan fingerprint density at radius 2 is 1.80 bits per heavy atom. The fraction of sp³-hybridized carbons (Fsp3) is 0.179. The largest absolute Gasteiger partial charge is 0.478 e. The van der Waals surface area contributed by atoms with Crippen molar-refractivity contribution in [1.82, 2.24) is 10.3 Å². The normalized spacial score (nSPS) is 17.5. The van der Waals surface area contributed by atoms with Crippen molar-refractivity contribution in [2.24, 2.45) is 0 Å². The Morgan fingerprint density at radius 3 is 2.46 bits per heavy atom. The molecule has 0 amide bonds. The summed E-state index contributed by atoms with van der Waals surface area (Å²) in [6, 6.07) is 20.7. The molecule has 0 aliphatic carbocycles. The zero-order valence-electron chi connectivity index (χ0n) is 19.6. The summed E-state index contributed by atoms with van der Waals surface area (Å²) in [5, 5.41) is 13.4. The van der Waals surface area contributed by atoms with Crippen LogP contribution in [0.25, 0.3) is 11.3 Å². The number of nitrogens with zero attached hydrogens (tertiary/aromatic N) is 2. The first kappa shape index (κ1) is 22.8. The van der Waals surface area contributed by atoms with E-state index >= 15 is 0 Å². The summed E-state index contributed by atoms with van der Waals surface area (Å²) < 4.78 is 6.43.